The zero-order valence-electron chi connectivity index (χ0n) is 34.0. The zero-order chi connectivity index (χ0) is 41.0. The van der Waals surface area contributed by atoms with Crippen LogP contribution in [-0.2, 0) is 0 Å². The quantitative estimate of drug-likeness (QED) is 0.156. The Morgan fingerprint density at radius 2 is 0.790 bits per heavy atom. The van der Waals surface area contributed by atoms with Crippen molar-refractivity contribution in [3.8, 4) is 39.1 Å². The van der Waals surface area contributed by atoms with Gasteiger partial charge in [-0.25, -0.2) is 0 Å². The number of aromatic nitrogens is 1. The van der Waals surface area contributed by atoms with Gasteiger partial charge in [-0.2, -0.15) is 0 Å². The van der Waals surface area contributed by atoms with Crippen molar-refractivity contribution < 1.29 is 0 Å². The van der Waals surface area contributed by atoms with Crippen molar-refractivity contribution in [2.24, 2.45) is 0 Å². The summed E-state index contributed by atoms with van der Waals surface area (Å²) in [4.78, 5) is 2.49. The number of nitrogens with zero attached hydrogens (tertiary/aromatic N) is 2. The van der Waals surface area contributed by atoms with Crippen molar-refractivity contribution >= 4 is 71.2 Å². The van der Waals surface area contributed by atoms with Gasteiger partial charge in [0.1, 0.15) is 0 Å². The number of hydrogen-bond donors (Lipinski definition) is 0. The first-order valence-electron chi connectivity index (χ1n) is 21.3. The molecule has 0 aliphatic rings. The molecule has 2 nitrogen and oxygen atoms in total. The van der Waals surface area contributed by atoms with E-state index in [0.717, 1.165) is 33.9 Å². The van der Waals surface area contributed by atoms with Crippen LogP contribution in [0.1, 0.15) is 0 Å². The van der Waals surface area contributed by atoms with E-state index in [4.69, 9.17) is 0 Å². The van der Waals surface area contributed by atoms with E-state index in [1.165, 1.54) is 76.4 Å². The van der Waals surface area contributed by atoms with Crippen LogP contribution in [0.2, 0.25) is 0 Å². The first kappa shape index (κ1) is 35.7. The van der Waals surface area contributed by atoms with Crippen molar-refractivity contribution in [3.05, 3.63) is 243 Å². The SMILES string of the molecule is c1ccc(-n2c3ccccc3c3ccccc32)c(N(c2ccc(-c3ccc4ccccc4c3)cc2)c2cc(-c3cccc4ccccc34)ccc2-c2cccc3ccccc23)c1. The first-order chi connectivity index (χ1) is 30.8. The summed E-state index contributed by atoms with van der Waals surface area (Å²) < 4.78 is 2.45. The lowest BCUT2D eigenvalue weighted by molar-refractivity contribution is 1.15. The predicted molar refractivity (Wildman–Crippen MR) is 264 cm³/mol. The van der Waals surface area contributed by atoms with Crippen LogP contribution in [-0.4, -0.2) is 4.57 Å². The average molecular weight is 789 g/mol. The highest BCUT2D eigenvalue weighted by atomic mass is 15.2. The molecule has 62 heavy (non-hydrogen) atoms. The van der Waals surface area contributed by atoms with Gasteiger partial charge in [-0.15, -0.1) is 0 Å². The summed E-state index contributed by atoms with van der Waals surface area (Å²) in [6.45, 7) is 0. The smallest absolute Gasteiger partial charge is 0.0702 e. The van der Waals surface area contributed by atoms with Crippen LogP contribution in [0, 0.1) is 0 Å². The van der Waals surface area contributed by atoms with Gasteiger partial charge < -0.3 is 9.47 Å². The average Bonchev–Trinajstić information content (AvgIpc) is 3.68. The second-order valence-electron chi connectivity index (χ2n) is 16.1. The number of benzene rings is 11. The molecule has 0 radical (unpaired) electrons. The molecule has 0 bridgehead atoms. The van der Waals surface area contributed by atoms with Gasteiger partial charge in [0.15, 0.2) is 0 Å². The highest BCUT2D eigenvalue weighted by Crippen LogP contribution is 2.48. The summed E-state index contributed by atoms with van der Waals surface area (Å²) in [5.41, 5.74) is 13.8. The highest BCUT2D eigenvalue weighted by molar-refractivity contribution is 6.10. The summed E-state index contributed by atoms with van der Waals surface area (Å²) in [7, 11) is 0. The van der Waals surface area contributed by atoms with Gasteiger partial charge in [0, 0.05) is 22.0 Å². The van der Waals surface area contributed by atoms with Crippen molar-refractivity contribution in [1.82, 2.24) is 4.57 Å². The normalized spacial score (nSPS) is 11.5. The molecule has 2 heteroatoms. The lowest BCUT2D eigenvalue weighted by Crippen LogP contribution is -2.14. The maximum atomic E-state index is 2.49. The van der Waals surface area contributed by atoms with E-state index in [1.54, 1.807) is 0 Å². The highest BCUT2D eigenvalue weighted by Gasteiger charge is 2.24. The van der Waals surface area contributed by atoms with Crippen LogP contribution in [0.15, 0.2) is 243 Å². The second kappa shape index (κ2) is 14.8. The van der Waals surface area contributed by atoms with Gasteiger partial charge in [-0.3, -0.25) is 0 Å². The molecule has 0 unspecified atom stereocenters. The largest absolute Gasteiger partial charge is 0.308 e. The van der Waals surface area contributed by atoms with E-state index in [9.17, 15) is 0 Å². The van der Waals surface area contributed by atoms with Crippen LogP contribution in [0.4, 0.5) is 17.1 Å². The molecule has 0 aliphatic heterocycles. The number of rotatable bonds is 7. The van der Waals surface area contributed by atoms with Crippen LogP contribution < -0.4 is 4.90 Å². The van der Waals surface area contributed by atoms with Crippen LogP contribution in [0.25, 0.3) is 93.2 Å². The molecule has 0 fully saturated rings. The van der Waals surface area contributed by atoms with Gasteiger partial charge in [0.05, 0.1) is 28.1 Å². The summed E-state index contributed by atoms with van der Waals surface area (Å²) in [5.74, 6) is 0. The maximum absolute atomic E-state index is 2.49. The molecule has 12 rings (SSSR count). The van der Waals surface area contributed by atoms with E-state index in [-0.39, 0.29) is 0 Å². The molecule has 0 amide bonds. The molecule has 0 atom stereocenters. The fourth-order valence-electron chi connectivity index (χ4n) is 9.65. The Bertz CT molecular complexity index is 3590. The molecule has 0 N–H and O–H groups in total. The molecule has 290 valence electrons. The van der Waals surface area contributed by atoms with E-state index < -0.39 is 0 Å². The lowest BCUT2D eigenvalue weighted by atomic mass is 9.92. The number of fused-ring (bicyclic) bond motifs is 6. The number of hydrogen-bond acceptors (Lipinski definition) is 1. The Kier molecular flexibility index (Phi) is 8.53. The molecular weight excluding hydrogens is 749 g/mol. The predicted octanol–water partition coefficient (Wildman–Crippen LogP) is 16.7. The standard InChI is InChI=1S/C60H40N2/c1-2-18-45-39-46(32-31-41(45)15-1)42-33-36-48(37-34-42)61(58-29-11-12-30-59(58)62-56-27-9-7-23-53(56)54-24-8-10-28-57(54)62)60-40-47(51-25-13-19-43-16-3-5-21-49(43)51)35-38-55(60)52-26-14-20-44-17-4-6-22-50(44)52/h1-40H. The number of anilines is 3. The molecule has 1 aromatic heterocycles. The molecule has 0 saturated carbocycles. The number of para-hydroxylation sites is 4. The molecular formula is C60H40N2. The first-order valence-corrected chi connectivity index (χ1v) is 21.3. The minimum absolute atomic E-state index is 1.07. The zero-order valence-corrected chi connectivity index (χ0v) is 34.0. The summed E-state index contributed by atoms with van der Waals surface area (Å²) in [6, 6.07) is 88.8. The molecule has 0 saturated heterocycles. The van der Waals surface area contributed by atoms with E-state index in [1.807, 2.05) is 0 Å². The van der Waals surface area contributed by atoms with Crippen molar-refractivity contribution in [2.75, 3.05) is 4.90 Å². The Morgan fingerprint density at radius 3 is 1.50 bits per heavy atom. The minimum atomic E-state index is 1.07. The summed E-state index contributed by atoms with van der Waals surface area (Å²) in [5, 5.41) is 9.84. The van der Waals surface area contributed by atoms with Crippen molar-refractivity contribution in [2.45, 2.75) is 0 Å². The van der Waals surface area contributed by atoms with Gasteiger partial charge in [0.2, 0.25) is 0 Å². The summed E-state index contributed by atoms with van der Waals surface area (Å²) in [6.07, 6.45) is 0. The van der Waals surface area contributed by atoms with Crippen molar-refractivity contribution in [1.29, 1.82) is 0 Å². The monoisotopic (exact) mass is 788 g/mol. The topological polar surface area (TPSA) is 8.17 Å². The maximum Gasteiger partial charge on any atom is 0.0702 e. The molecule has 11 aromatic carbocycles. The van der Waals surface area contributed by atoms with Crippen LogP contribution in [0.5, 0.6) is 0 Å². The third kappa shape index (κ3) is 5.96. The van der Waals surface area contributed by atoms with E-state index in [2.05, 4.69) is 252 Å². The molecule has 12 aromatic rings. The summed E-state index contributed by atoms with van der Waals surface area (Å²) >= 11 is 0. The fraction of sp³-hybridized carbons (Fsp3) is 0. The minimum Gasteiger partial charge on any atom is -0.308 e. The van der Waals surface area contributed by atoms with Gasteiger partial charge >= 0.3 is 0 Å². The van der Waals surface area contributed by atoms with Crippen LogP contribution >= 0.6 is 0 Å². The second-order valence-corrected chi connectivity index (χ2v) is 16.1. The Morgan fingerprint density at radius 1 is 0.274 bits per heavy atom. The van der Waals surface area contributed by atoms with E-state index >= 15 is 0 Å². The molecule has 1 heterocycles. The van der Waals surface area contributed by atoms with Gasteiger partial charge in [-0.05, 0) is 109 Å². The Hall–Kier alpha value is -8.20. The third-order valence-electron chi connectivity index (χ3n) is 12.6. The Labute approximate surface area is 360 Å². The van der Waals surface area contributed by atoms with Crippen molar-refractivity contribution in [3.63, 3.8) is 0 Å². The molecule has 0 spiro atoms. The van der Waals surface area contributed by atoms with E-state index in [0.29, 0.717) is 0 Å². The lowest BCUT2D eigenvalue weighted by Gasteiger charge is -2.31. The third-order valence-corrected chi connectivity index (χ3v) is 12.6. The molecule has 0 aliphatic carbocycles. The Balaban J connectivity index is 1.15. The van der Waals surface area contributed by atoms with Gasteiger partial charge in [0.25, 0.3) is 0 Å². The fourth-order valence-corrected chi connectivity index (χ4v) is 9.65. The van der Waals surface area contributed by atoms with Crippen LogP contribution in [0.3, 0.4) is 0 Å². The van der Waals surface area contributed by atoms with Gasteiger partial charge in [-0.1, -0.05) is 194 Å².